The van der Waals surface area contributed by atoms with E-state index in [4.69, 9.17) is 0 Å². The third-order valence-electron chi connectivity index (χ3n) is 4.33. The van der Waals surface area contributed by atoms with Crippen molar-refractivity contribution in [3.05, 3.63) is 12.4 Å². The van der Waals surface area contributed by atoms with Crippen molar-refractivity contribution in [1.29, 1.82) is 0 Å². The summed E-state index contributed by atoms with van der Waals surface area (Å²) in [5, 5.41) is 0. The molecule has 1 unspecified atom stereocenters. The Hall–Kier alpha value is -0.660. The Morgan fingerprint density at radius 1 is 0.650 bits per heavy atom. The average Bonchev–Trinajstić information content (AvgIpc) is 2.84. The lowest BCUT2D eigenvalue weighted by Crippen LogP contribution is -2.38. The summed E-state index contributed by atoms with van der Waals surface area (Å²) in [4.78, 5) is 5.05. The highest BCUT2D eigenvalue weighted by atomic mass is 15.4. The van der Waals surface area contributed by atoms with E-state index in [-0.39, 0.29) is 0 Å². The third-order valence-corrected chi connectivity index (χ3v) is 4.33. The molecule has 0 aromatic heterocycles. The molecule has 118 valence electrons. The van der Waals surface area contributed by atoms with Crippen LogP contribution in [0.2, 0.25) is 0 Å². The largest absolute Gasteiger partial charge is 0.356 e. The van der Waals surface area contributed by atoms with Gasteiger partial charge >= 0.3 is 0 Å². The van der Waals surface area contributed by atoms with Gasteiger partial charge in [-0.1, -0.05) is 65.7 Å². The topological polar surface area (TPSA) is 6.48 Å². The van der Waals surface area contributed by atoms with Crippen LogP contribution in [0.4, 0.5) is 0 Å². The van der Waals surface area contributed by atoms with E-state index in [1.54, 1.807) is 0 Å². The summed E-state index contributed by atoms with van der Waals surface area (Å²) in [6.07, 6.45) is 19.0. The molecule has 20 heavy (non-hydrogen) atoms. The number of rotatable bonds is 12. The Labute approximate surface area is 127 Å². The molecular weight excluding hydrogens is 244 g/mol. The predicted octanol–water partition coefficient (Wildman–Crippen LogP) is 5.36. The Morgan fingerprint density at radius 3 is 1.75 bits per heavy atom. The molecule has 1 heterocycles. The Balaban J connectivity index is 2.05. The Morgan fingerprint density at radius 2 is 1.20 bits per heavy atom. The summed E-state index contributed by atoms with van der Waals surface area (Å²) in [6.45, 7) is 9.30. The van der Waals surface area contributed by atoms with Crippen LogP contribution in [0, 0.1) is 0 Å². The lowest BCUT2D eigenvalue weighted by molar-refractivity contribution is 0.146. The van der Waals surface area contributed by atoms with E-state index >= 15 is 0 Å². The van der Waals surface area contributed by atoms with Gasteiger partial charge in [0.15, 0.2) is 0 Å². The SMILES string of the molecule is CCCCCCCCCCN1C=CN(CCC)C1CC. The molecule has 0 bridgehead atoms. The van der Waals surface area contributed by atoms with Gasteiger partial charge in [-0.05, 0) is 19.3 Å². The van der Waals surface area contributed by atoms with Gasteiger partial charge in [-0.25, -0.2) is 0 Å². The maximum atomic E-state index is 2.55. The van der Waals surface area contributed by atoms with Gasteiger partial charge in [0.25, 0.3) is 0 Å². The number of hydrogen-bond donors (Lipinski definition) is 0. The first-order valence-corrected chi connectivity index (χ1v) is 9.03. The molecule has 1 rings (SSSR count). The van der Waals surface area contributed by atoms with Gasteiger partial charge in [0.2, 0.25) is 0 Å². The van der Waals surface area contributed by atoms with Crippen LogP contribution < -0.4 is 0 Å². The summed E-state index contributed by atoms with van der Waals surface area (Å²) in [5.74, 6) is 0. The zero-order valence-electron chi connectivity index (χ0n) is 14.1. The lowest BCUT2D eigenvalue weighted by Gasteiger charge is -2.32. The first-order chi connectivity index (χ1) is 9.83. The second kappa shape index (κ2) is 11.0. The normalized spacial score (nSPS) is 18.2. The molecule has 0 saturated heterocycles. The molecule has 1 aliphatic heterocycles. The molecule has 2 nitrogen and oxygen atoms in total. The van der Waals surface area contributed by atoms with Crippen LogP contribution in [0.15, 0.2) is 12.4 Å². The average molecular weight is 281 g/mol. The van der Waals surface area contributed by atoms with Crippen LogP contribution in [-0.2, 0) is 0 Å². The van der Waals surface area contributed by atoms with E-state index < -0.39 is 0 Å². The number of nitrogens with zero attached hydrogens (tertiary/aromatic N) is 2. The molecule has 1 atom stereocenters. The van der Waals surface area contributed by atoms with Crippen molar-refractivity contribution in [2.24, 2.45) is 0 Å². The number of unbranched alkanes of at least 4 members (excludes halogenated alkanes) is 7. The lowest BCUT2D eigenvalue weighted by atomic mass is 10.1. The quantitative estimate of drug-likeness (QED) is 0.444. The highest BCUT2D eigenvalue weighted by molar-refractivity contribution is 4.96. The molecule has 0 amide bonds. The smallest absolute Gasteiger partial charge is 0.100 e. The minimum Gasteiger partial charge on any atom is -0.356 e. The predicted molar refractivity (Wildman–Crippen MR) is 89.5 cm³/mol. The highest BCUT2D eigenvalue weighted by Crippen LogP contribution is 2.20. The molecule has 0 fully saturated rings. The Bertz CT molecular complexity index is 250. The fraction of sp³-hybridized carbons (Fsp3) is 0.889. The molecule has 2 heteroatoms. The summed E-state index contributed by atoms with van der Waals surface area (Å²) < 4.78 is 0. The third kappa shape index (κ3) is 6.19. The van der Waals surface area contributed by atoms with Crippen molar-refractivity contribution in [3.63, 3.8) is 0 Å². The molecule has 0 spiro atoms. The van der Waals surface area contributed by atoms with Gasteiger partial charge in [-0.15, -0.1) is 0 Å². The van der Waals surface area contributed by atoms with Gasteiger partial charge in [-0.2, -0.15) is 0 Å². The van der Waals surface area contributed by atoms with E-state index in [9.17, 15) is 0 Å². The molecule has 0 N–H and O–H groups in total. The molecule has 0 aromatic carbocycles. The van der Waals surface area contributed by atoms with E-state index in [1.807, 2.05) is 0 Å². The first kappa shape index (κ1) is 17.4. The van der Waals surface area contributed by atoms with E-state index in [2.05, 4.69) is 43.0 Å². The van der Waals surface area contributed by atoms with Crippen molar-refractivity contribution in [1.82, 2.24) is 9.80 Å². The van der Waals surface area contributed by atoms with Gasteiger partial charge in [0.1, 0.15) is 6.17 Å². The minimum atomic E-state index is 0.625. The minimum absolute atomic E-state index is 0.625. The Kier molecular flexibility index (Phi) is 9.61. The molecular formula is C18H36N2. The van der Waals surface area contributed by atoms with Crippen molar-refractivity contribution >= 4 is 0 Å². The second-order valence-electron chi connectivity index (χ2n) is 6.14. The standard InChI is InChI=1S/C18H36N2/c1-4-7-8-9-10-11-12-13-15-20-17-16-19(14-5-2)18(20)6-3/h16-18H,4-15H2,1-3H3. The van der Waals surface area contributed by atoms with Gasteiger partial charge in [0.05, 0.1) is 0 Å². The molecule has 0 saturated carbocycles. The maximum Gasteiger partial charge on any atom is 0.100 e. The maximum absolute atomic E-state index is 2.55. The first-order valence-electron chi connectivity index (χ1n) is 9.03. The van der Waals surface area contributed by atoms with Gasteiger partial charge < -0.3 is 9.80 Å². The summed E-state index contributed by atoms with van der Waals surface area (Å²) >= 11 is 0. The van der Waals surface area contributed by atoms with Crippen LogP contribution in [0.1, 0.15) is 85.0 Å². The summed E-state index contributed by atoms with van der Waals surface area (Å²) in [7, 11) is 0. The van der Waals surface area contributed by atoms with Crippen molar-refractivity contribution in [2.45, 2.75) is 91.1 Å². The van der Waals surface area contributed by atoms with Gasteiger partial charge in [-0.3, -0.25) is 0 Å². The summed E-state index contributed by atoms with van der Waals surface area (Å²) in [5.41, 5.74) is 0. The zero-order chi connectivity index (χ0) is 14.6. The van der Waals surface area contributed by atoms with E-state index in [1.165, 1.54) is 77.3 Å². The van der Waals surface area contributed by atoms with Crippen LogP contribution in [0.3, 0.4) is 0 Å². The molecule has 0 aromatic rings. The fourth-order valence-electron chi connectivity index (χ4n) is 3.16. The second-order valence-corrected chi connectivity index (χ2v) is 6.14. The molecule has 1 aliphatic rings. The zero-order valence-corrected chi connectivity index (χ0v) is 14.1. The van der Waals surface area contributed by atoms with Gasteiger partial charge in [0, 0.05) is 25.5 Å². The van der Waals surface area contributed by atoms with Crippen LogP contribution in [0.25, 0.3) is 0 Å². The van der Waals surface area contributed by atoms with Crippen LogP contribution in [0.5, 0.6) is 0 Å². The molecule has 0 radical (unpaired) electrons. The van der Waals surface area contributed by atoms with Crippen molar-refractivity contribution in [2.75, 3.05) is 13.1 Å². The monoisotopic (exact) mass is 280 g/mol. The summed E-state index contributed by atoms with van der Waals surface area (Å²) in [6, 6.07) is 0. The fourth-order valence-corrected chi connectivity index (χ4v) is 3.16. The van der Waals surface area contributed by atoms with Crippen LogP contribution >= 0.6 is 0 Å². The van der Waals surface area contributed by atoms with Crippen molar-refractivity contribution in [3.8, 4) is 0 Å². The van der Waals surface area contributed by atoms with Crippen LogP contribution in [-0.4, -0.2) is 29.1 Å². The van der Waals surface area contributed by atoms with Crippen molar-refractivity contribution < 1.29 is 0 Å². The highest BCUT2D eigenvalue weighted by Gasteiger charge is 2.22. The number of hydrogen-bond acceptors (Lipinski definition) is 2. The molecule has 0 aliphatic carbocycles. The van der Waals surface area contributed by atoms with E-state index in [0.717, 1.165) is 0 Å². The van der Waals surface area contributed by atoms with E-state index in [0.29, 0.717) is 6.17 Å².